The molecule has 0 saturated carbocycles. The molecule has 0 saturated heterocycles. The molecule has 0 aromatic heterocycles. The van der Waals surface area contributed by atoms with Crippen LogP contribution in [0.25, 0.3) is 0 Å². The molecule has 0 aliphatic rings. The summed E-state index contributed by atoms with van der Waals surface area (Å²) in [6.45, 7) is 0.528. The molecule has 0 spiro atoms. The molecule has 0 aromatic rings. The SMILES string of the molecule is CN(C)CC=O.O=S(O)O. The van der Waals surface area contributed by atoms with Crippen LogP contribution in [0, 0.1) is 0 Å². The molecule has 2 N–H and O–H groups in total. The van der Waals surface area contributed by atoms with E-state index in [1.165, 1.54) is 0 Å². The molecular formula is C4H11NO4S. The number of hydrogen-bond acceptors (Lipinski definition) is 3. The van der Waals surface area contributed by atoms with Crippen LogP contribution in [0.15, 0.2) is 0 Å². The van der Waals surface area contributed by atoms with E-state index in [0.29, 0.717) is 6.54 Å². The first-order valence-electron chi connectivity index (χ1n) is 2.39. The monoisotopic (exact) mass is 169 g/mol. The van der Waals surface area contributed by atoms with E-state index in [9.17, 15) is 4.79 Å². The van der Waals surface area contributed by atoms with Crippen LogP contribution < -0.4 is 0 Å². The summed E-state index contributed by atoms with van der Waals surface area (Å²) in [5, 5.41) is 0. The van der Waals surface area contributed by atoms with Crippen LogP contribution in [0.1, 0.15) is 0 Å². The van der Waals surface area contributed by atoms with Crippen molar-refractivity contribution in [1.29, 1.82) is 0 Å². The van der Waals surface area contributed by atoms with Crippen molar-refractivity contribution in [2.24, 2.45) is 0 Å². The van der Waals surface area contributed by atoms with Crippen LogP contribution in [-0.2, 0) is 16.2 Å². The second-order valence-corrected chi connectivity index (χ2v) is 2.12. The summed E-state index contributed by atoms with van der Waals surface area (Å²) in [6, 6.07) is 0. The Balaban J connectivity index is 0. The molecule has 0 radical (unpaired) electrons. The zero-order valence-corrected chi connectivity index (χ0v) is 6.67. The highest BCUT2D eigenvalue weighted by molar-refractivity contribution is 7.73. The summed E-state index contributed by atoms with van der Waals surface area (Å²) in [6.07, 6.45) is 0.875. The molecule has 0 bridgehead atoms. The van der Waals surface area contributed by atoms with Gasteiger partial charge >= 0.3 is 0 Å². The van der Waals surface area contributed by atoms with E-state index < -0.39 is 11.4 Å². The lowest BCUT2D eigenvalue weighted by atomic mass is 10.7. The Morgan fingerprint density at radius 2 is 1.80 bits per heavy atom. The third-order valence-corrected chi connectivity index (χ3v) is 0.440. The molecule has 0 unspecified atom stereocenters. The molecule has 6 heteroatoms. The Hall–Kier alpha value is -0.300. The molecule has 5 nitrogen and oxygen atoms in total. The van der Waals surface area contributed by atoms with Gasteiger partial charge < -0.3 is 9.69 Å². The largest absolute Gasteiger partial charge is 0.303 e. The van der Waals surface area contributed by atoms with Gasteiger partial charge in [-0.2, -0.15) is 4.21 Å². The van der Waals surface area contributed by atoms with E-state index in [0.717, 1.165) is 6.29 Å². The van der Waals surface area contributed by atoms with E-state index in [4.69, 9.17) is 13.3 Å². The van der Waals surface area contributed by atoms with Crippen molar-refractivity contribution in [1.82, 2.24) is 4.90 Å². The Morgan fingerprint density at radius 1 is 1.50 bits per heavy atom. The van der Waals surface area contributed by atoms with E-state index >= 15 is 0 Å². The summed E-state index contributed by atoms with van der Waals surface area (Å²) in [4.78, 5) is 11.4. The van der Waals surface area contributed by atoms with Gasteiger partial charge in [0, 0.05) is 0 Å². The van der Waals surface area contributed by atoms with Crippen LogP contribution in [0.3, 0.4) is 0 Å². The molecule has 0 atom stereocenters. The zero-order chi connectivity index (χ0) is 8.57. The highest BCUT2D eigenvalue weighted by Crippen LogP contribution is 1.62. The molecule has 10 heavy (non-hydrogen) atoms. The first kappa shape index (κ1) is 12.4. The minimum atomic E-state index is -2.61. The van der Waals surface area contributed by atoms with Crippen molar-refractivity contribution in [2.75, 3.05) is 20.6 Å². The number of likely N-dealkylation sites (N-methyl/N-ethyl adjacent to an activating group) is 1. The molecule has 0 aromatic carbocycles. The smallest absolute Gasteiger partial charge is 0.299 e. The predicted octanol–water partition coefficient (Wildman–Crippen LogP) is -0.572. The van der Waals surface area contributed by atoms with Gasteiger partial charge in [-0.15, -0.1) is 0 Å². The second-order valence-electron chi connectivity index (χ2n) is 1.66. The van der Waals surface area contributed by atoms with Gasteiger partial charge in [0.2, 0.25) is 0 Å². The van der Waals surface area contributed by atoms with Gasteiger partial charge in [-0.1, -0.05) is 0 Å². The third kappa shape index (κ3) is 47.4. The highest BCUT2D eigenvalue weighted by atomic mass is 32.2. The number of aldehydes is 1. The number of nitrogens with zero attached hydrogens (tertiary/aromatic N) is 1. The van der Waals surface area contributed by atoms with Gasteiger partial charge in [-0.25, -0.2) is 0 Å². The maximum absolute atomic E-state index is 9.57. The topological polar surface area (TPSA) is 77.8 Å². The van der Waals surface area contributed by atoms with Gasteiger partial charge in [0.25, 0.3) is 11.4 Å². The number of hydrogen-bond donors (Lipinski definition) is 2. The van der Waals surface area contributed by atoms with Crippen LogP contribution in [0.5, 0.6) is 0 Å². The van der Waals surface area contributed by atoms with Gasteiger partial charge in [-0.05, 0) is 14.1 Å². The molecular weight excluding hydrogens is 158 g/mol. The van der Waals surface area contributed by atoms with Crippen molar-refractivity contribution in [3.05, 3.63) is 0 Å². The zero-order valence-electron chi connectivity index (χ0n) is 5.85. The lowest BCUT2D eigenvalue weighted by Crippen LogP contribution is -2.13. The molecule has 0 aliphatic carbocycles. The third-order valence-electron chi connectivity index (χ3n) is 0.440. The fraction of sp³-hybridized carbons (Fsp3) is 0.750. The lowest BCUT2D eigenvalue weighted by molar-refractivity contribution is -0.108. The highest BCUT2D eigenvalue weighted by Gasteiger charge is 1.79. The summed E-state index contributed by atoms with van der Waals surface area (Å²) in [7, 11) is 3.71. The minimum Gasteiger partial charge on any atom is -0.303 e. The summed E-state index contributed by atoms with van der Waals surface area (Å²) in [5.74, 6) is 0. The molecule has 0 aliphatic heterocycles. The molecule has 0 heterocycles. The summed E-state index contributed by atoms with van der Waals surface area (Å²) >= 11 is -2.61. The molecule has 0 fully saturated rings. The average molecular weight is 169 g/mol. The van der Waals surface area contributed by atoms with E-state index in [2.05, 4.69) is 0 Å². The van der Waals surface area contributed by atoms with Crippen molar-refractivity contribution < 1.29 is 18.1 Å². The van der Waals surface area contributed by atoms with E-state index in [-0.39, 0.29) is 0 Å². The second kappa shape index (κ2) is 8.70. The minimum absolute atomic E-state index is 0.528. The first-order valence-corrected chi connectivity index (χ1v) is 3.45. The van der Waals surface area contributed by atoms with E-state index in [1.807, 2.05) is 19.0 Å². The summed E-state index contributed by atoms with van der Waals surface area (Å²) < 4.78 is 22.8. The average Bonchev–Trinajstić information content (AvgIpc) is 1.62. The predicted molar refractivity (Wildman–Crippen MR) is 38.0 cm³/mol. The fourth-order valence-electron chi connectivity index (χ4n) is 0.149. The fourth-order valence-corrected chi connectivity index (χ4v) is 0.149. The molecule has 0 amide bonds. The molecule has 0 rings (SSSR count). The van der Waals surface area contributed by atoms with Gasteiger partial charge in [0.15, 0.2) is 0 Å². The van der Waals surface area contributed by atoms with Crippen LogP contribution in [0.4, 0.5) is 0 Å². The number of carbonyl (C=O) groups excluding carboxylic acids is 1. The quantitative estimate of drug-likeness (QED) is 0.427. The van der Waals surface area contributed by atoms with Gasteiger partial charge in [-0.3, -0.25) is 9.11 Å². The van der Waals surface area contributed by atoms with Crippen molar-refractivity contribution in [3.63, 3.8) is 0 Å². The summed E-state index contributed by atoms with van der Waals surface area (Å²) in [5.41, 5.74) is 0. The van der Waals surface area contributed by atoms with Crippen LogP contribution in [0.2, 0.25) is 0 Å². The Morgan fingerprint density at radius 3 is 1.80 bits per heavy atom. The van der Waals surface area contributed by atoms with Crippen molar-refractivity contribution in [3.8, 4) is 0 Å². The van der Waals surface area contributed by atoms with E-state index in [1.54, 1.807) is 0 Å². The lowest BCUT2D eigenvalue weighted by Gasteiger charge is -1.99. The molecule has 62 valence electrons. The standard InChI is InChI=1S/C4H9NO.H2O3S/c1-5(2)3-4-6;1-4(2)3/h4H,3H2,1-2H3;(H2,1,2,3). The van der Waals surface area contributed by atoms with Crippen molar-refractivity contribution >= 4 is 17.6 Å². The van der Waals surface area contributed by atoms with Crippen LogP contribution >= 0.6 is 0 Å². The van der Waals surface area contributed by atoms with Crippen LogP contribution in [-0.4, -0.2) is 45.1 Å². The maximum atomic E-state index is 9.57. The normalized spacial score (nSPS) is 9.00. The first-order chi connectivity index (χ1) is 4.50. The number of carbonyl (C=O) groups is 1. The van der Waals surface area contributed by atoms with Gasteiger partial charge in [0.05, 0.1) is 6.54 Å². The van der Waals surface area contributed by atoms with Gasteiger partial charge in [0.1, 0.15) is 6.29 Å². The Bertz CT molecular complexity index is 101. The maximum Gasteiger partial charge on any atom is 0.299 e. The van der Waals surface area contributed by atoms with Crippen molar-refractivity contribution in [2.45, 2.75) is 0 Å². The Kier molecular flexibility index (Phi) is 10.8. The number of rotatable bonds is 2. The Labute approximate surface area is 62.1 Å².